The molecule has 1 aliphatic heterocycles. The van der Waals surface area contributed by atoms with Crippen LogP contribution in [0.2, 0.25) is 0 Å². The number of likely N-dealkylation sites (tertiary alicyclic amines) is 1. The van der Waals surface area contributed by atoms with Gasteiger partial charge in [-0.15, -0.1) is 0 Å². The summed E-state index contributed by atoms with van der Waals surface area (Å²) in [5, 5.41) is 9.29. The first-order valence-electron chi connectivity index (χ1n) is 6.92. The number of aromatic nitrogens is 2. The fourth-order valence-electron chi connectivity index (χ4n) is 2.49. The van der Waals surface area contributed by atoms with Gasteiger partial charge in [0, 0.05) is 32.5 Å². The molecule has 1 saturated heterocycles. The molecule has 0 spiro atoms. The number of aliphatic carboxylic acids is 1. The van der Waals surface area contributed by atoms with Crippen molar-refractivity contribution >= 4 is 17.8 Å². The van der Waals surface area contributed by atoms with E-state index < -0.39 is 11.4 Å². The monoisotopic (exact) mass is 292 g/mol. The van der Waals surface area contributed by atoms with E-state index in [0.717, 1.165) is 0 Å². The van der Waals surface area contributed by atoms with Crippen LogP contribution in [0.25, 0.3) is 0 Å². The first-order chi connectivity index (χ1) is 9.92. The van der Waals surface area contributed by atoms with Crippen LogP contribution in [0.1, 0.15) is 19.8 Å². The summed E-state index contributed by atoms with van der Waals surface area (Å²) in [4.78, 5) is 35.1. The molecule has 0 bridgehead atoms. The summed E-state index contributed by atoms with van der Waals surface area (Å²) in [7, 11) is 1.74. The first-order valence-corrected chi connectivity index (χ1v) is 6.92. The number of amides is 1. The Balaban J connectivity index is 1.99. The van der Waals surface area contributed by atoms with E-state index in [9.17, 15) is 14.7 Å². The van der Waals surface area contributed by atoms with Crippen molar-refractivity contribution in [2.75, 3.05) is 31.6 Å². The number of carbonyl (C=O) groups is 2. The van der Waals surface area contributed by atoms with Gasteiger partial charge in [-0.2, -0.15) is 0 Å². The molecule has 1 aromatic heterocycles. The number of likely N-dealkylation sites (N-methyl/N-ethyl adjacent to an activating group) is 1. The average Bonchev–Trinajstić information content (AvgIpc) is 2.48. The van der Waals surface area contributed by atoms with Crippen molar-refractivity contribution in [3.8, 4) is 0 Å². The fourth-order valence-corrected chi connectivity index (χ4v) is 2.49. The number of carboxylic acids is 1. The van der Waals surface area contributed by atoms with Gasteiger partial charge in [0.2, 0.25) is 11.9 Å². The number of rotatable bonds is 4. The minimum atomic E-state index is -0.851. The van der Waals surface area contributed by atoms with Crippen LogP contribution < -0.4 is 4.90 Å². The molecular weight excluding hydrogens is 272 g/mol. The van der Waals surface area contributed by atoms with Crippen LogP contribution in [-0.4, -0.2) is 58.5 Å². The second-order valence-electron chi connectivity index (χ2n) is 5.69. The van der Waals surface area contributed by atoms with E-state index in [1.807, 2.05) is 0 Å². The van der Waals surface area contributed by atoms with Gasteiger partial charge in [-0.3, -0.25) is 9.59 Å². The van der Waals surface area contributed by atoms with Crippen LogP contribution in [0.5, 0.6) is 0 Å². The maximum atomic E-state index is 12.3. The smallest absolute Gasteiger partial charge is 0.311 e. The largest absolute Gasteiger partial charge is 0.481 e. The molecule has 1 amide bonds. The molecule has 7 heteroatoms. The minimum absolute atomic E-state index is 0.0999. The Morgan fingerprint density at radius 3 is 2.71 bits per heavy atom. The molecule has 1 aromatic rings. The van der Waals surface area contributed by atoms with E-state index in [1.165, 1.54) is 0 Å². The van der Waals surface area contributed by atoms with E-state index in [1.54, 1.807) is 42.2 Å². The SMILES string of the molecule is CN(CC(=O)N1CCCC(C)(C(=O)O)C1)c1ncccn1. The van der Waals surface area contributed by atoms with Crippen molar-refractivity contribution in [3.63, 3.8) is 0 Å². The van der Waals surface area contributed by atoms with Crippen LogP contribution in [0.15, 0.2) is 18.5 Å². The summed E-state index contributed by atoms with van der Waals surface area (Å²) in [6.45, 7) is 2.69. The Morgan fingerprint density at radius 1 is 1.43 bits per heavy atom. The Kier molecular flexibility index (Phi) is 4.40. The molecule has 1 N–H and O–H groups in total. The van der Waals surface area contributed by atoms with Gasteiger partial charge in [-0.05, 0) is 25.8 Å². The van der Waals surface area contributed by atoms with E-state index in [4.69, 9.17) is 0 Å². The Bertz CT molecular complexity index is 522. The predicted molar refractivity (Wildman–Crippen MR) is 76.9 cm³/mol. The van der Waals surface area contributed by atoms with Crippen LogP contribution in [0.4, 0.5) is 5.95 Å². The number of carbonyl (C=O) groups excluding carboxylic acids is 1. The quantitative estimate of drug-likeness (QED) is 0.875. The number of hydrogen-bond donors (Lipinski definition) is 1. The molecule has 1 atom stereocenters. The van der Waals surface area contributed by atoms with Gasteiger partial charge in [0.1, 0.15) is 0 Å². The Labute approximate surface area is 123 Å². The van der Waals surface area contributed by atoms with Crippen LogP contribution in [0, 0.1) is 5.41 Å². The second-order valence-corrected chi connectivity index (χ2v) is 5.69. The molecule has 0 saturated carbocycles. The normalized spacial score (nSPS) is 21.9. The van der Waals surface area contributed by atoms with Gasteiger partial charge in [-0.1, -0.05) is 0 Å². The van der Waals surface area contributed by atoms with E-state index in [0.29, 0.717) is 25.3 Å². The van der Waals surface area contributed by atoms with Crippen LogP contribution in [-0.2, 0) is 9.59 Å². The fraction of sp³-hybridized carbons (Fsp3) is 0.571. The molecule has 0 aliphatic carbocycles. The topological polar surface area (TPSA) is 86.6 Å². The predicted octanol–water partition coefficient (Wildman–Crippen LogP) is 0.626. The molecule has 2 rings (SSSR count). The zero-order valence-corrected chi connectivity index (χ0v) is 12.3. The standard InChI is InChI=1S/C14H20N4O3/c1-14(12(20)21)5-3-8-18(10-14)11(19)9-17(2)13-15-6-4-7-16-13/h4,6-7H,3,5,8-10H2,1-2H3,(H,20,21). The highest BCUT2D eigenvalue weighted by atomic mass is 16.4. The van der Waals surface area contributed by atoms with Crippen molar-refractivity contribution in [1.29, 1.82) is 0 Å². The lowest BCUT2D eigenvalue weighted by atomic mass is 9.82. The van der Waals surface area contributed by atoms with Crippen molar-refractivity contribution in [2.24, 2.45) is 5.41 Å². The summed E-state index contributed by atoms with van der Waals surface area (Å²) in [6.07, 6.45) is 4.54. The van der Waals surface area contributed by atoms with Gasteiger partial charge >= 0.3 is 5.97 Å². The molecule has 1 fully saturated rings. The highest BCUT2D eigenvalue weighted by Gasteiger charge is 2.39. The summed E-state index contributed by atoms with van der Waals surface area (Å²) >= 11 is 0. The van der Waals surface area contributed by atoms with E-state index in [2.05, 4.69) is 9.97 Å². The van der Waals surface area contributed by atoms with Crippen molar-refractivity contribution in [1.82, 2.24) is 14.9 Å². The third-order valence-corrected chi connectivity index (χ3v) is 3.83. The zero-order chi connectivity index (χ0) is 15.5. The van der Waals surface area contributed by atoms with Gasteiger partial charge in [0.25, 0.3) is 0 Å². The van der Waals surface area contributed by atoms with Crippen molar-refractivity contribution in [3.05, 3.63) is 18.5 Å². The molecule has 2 heterocycles. The lowest BCUT2D eigenvalue weighted by Gasteiger charge is -2.38. The average molecular weight is 292 g/mol. The third kappa shape index (κ3) is 3.48. The minimum Gasteiger partial charge on any atom is -0.481 e. The molecule has 1 aliphatic rings. The van der Waals surface area contributed by atoms with Crippen molar-refractivity contribution < 1.29 is 14.7 Å². The van der Waals surface area contributed by atoms with Gasteiger partial charge in [0.15, 0.2) is 0 Å². The van der Waals surface area contributed by atoms with Gasteiger partial charge in [0.05, 0.1) is 12.0 Å². The molecule has 1 unspecified atom stereocenters. The molecular formula is C14H20N4O3. The molecule has 114 valence electrons. The Morgan fingerprint density at radius 2 is 2.10 bits per heavy atom. The number of nitrogens with zero attached hydrogens (tertiary/aromatic N) is 4. The Hall–Kier alpha value is -2.18. The third-order valence-electron chi connectivity index (χ3n) is 3.83. The second kappa shape index (κ2) is 6.07. The number of carboxylic acid groups (broad SMARTS) is 1. The van der Waals surface area contributed by atoms with Crippen LogP contribution in [0.3, 0.4) is 0 Å². The molecule has 0 aromatic carbocycles. The maximum absolute atomic E-state index is 12.3. The lowest BCUT2D eigenvalue weighted by Crippen LogP contribution is -2.50. The molecule has 21 heavy (non-hydrogen) atoms. The summed E-state index contributed by atoms with van der Waals surface area (Å²) in [5.74, 6) is -0.472. The number of piperidine rings is 1. The summed E-state index contributed by atoms with van der Waals surface area (Å²) < 4.78 is 0. The zero-order valence-electron chi connectivity index (χ0n) is 12.3. The summed E-state index contributed by atoms with van der Waals surface area (Å²) in [5.41, 5.74) is -0.851. The highest BCUT2D eigenvalue weighted by molar-refractivity contribution is 5.82. The van der Waals surface area contributed by atoms with Crippen LogP contribution >= 0.6 is 0 Å². The van der Waals surface area contributed by atoms with Gasteiger partial charge in [-0.25, -0.2) is 9.97 Å². The molecule has 7 nitrogen and oxygen atoms in total. The highest BCUT2D eigenvalue weighted by Crippen LogP contribution is 2.29. The number of anilines is 1. The van der Waals surface area contributed by atoms with E-state index >= 15 is 0 Å². The van der Waals surface area contributed by atoms with Crippen molar-refractivity contribution in [2.45, 2.75) is 19.8 Å². The number of hydrogen-bond acceptors (Lipinski definition) is 5. The molecule has 0 radical (unpaired) electrons. The first kappa shape index (κ1) is 15.2. The lowest BCUT2D eigenvalue weighted by molar-refractivity contribution is -0.153. The summed E-state index contributed by atoms with van der Waals surface area (Å²) in [6, 6.07) is 1.71. The maximum Gasteiger partial charge on any atom is 0.311 e. The van der Waals surface area contributed by atoms with E-state index in [-0.39, 0.29) is 19.0 Å². The van der Waals surface area contributed by atoms with Gasteiger partial charge < -0.3 is 14.9 Å².